The SMILES string of the molecule is CC/C=C1/CN(C)CCN1[C@@H](C)c1cc(F)cc(Cl)c1COc1cccc2c(-n3cc(F)cn3)cc(C)nc12. The van der Waals surface area contributed by atoms with Gasteiger partial charge in [0.2, 0.25) is 0 Å². The van der Waals surface area contributed by atoms with Crippen molar-refractivity contribution in [3.63, 3.8) is 0 Å². The van der Waals surface area contributed by atoms with Crippen LogP contribution >= 0.6 is 11.6 Å². The Balaban J connectivity index is 1.50. The first kappa shape index (κ1) is 27.1. The Hall–Kier alpha value is -3.49. The van der Waals surface area contributed by atoms with Crippen LogP contribution in [0.2, 0.25) is 5.02 Å². The van der Waals surface area contributed by atoms with E-state index in [0.717, 1.165) is 48.3 Å². The summed E-state index contributed by atoms with van der Waals surface area (Å²) in [5.41, 5.74) is 4.82. The lowest BCUT2D eigenvalue weighted by Crippen LogP contribution is -2.44. The standard InChI is InChI=1S/C30H32ClF2N5O/c1-5-7-23-17-36(4)10-11-37(23)20(3)25-13-21(32)14-27(31)26(25)18-39-29-9-6-8-24-28(12-19(2)35-30(24)29)38-16-22(33)15-34-38/h6-9,12-16,20H,5,10-11,17-18H2,1-4H3/b23-7-/t20-/m0/s1. The van der Waals surface area contributed by atoms with E-state index in [1.54, 1.807) is 6.07 Å². The van der Waals surface area contributed by atoms with Crippen LogP contribution in [0.4, 0.5) is 8.78 Å². The summed E-state index contributed by atoms with van der Waals surface area (Å²) in [6, 6.07) is 10.2. The summed E-state index contributed by atoms with van der Waals surface area (Å²) < 4.78 is 36.2. The van der Waals surface area contributed by atoms with E-state index >= 15 is 0 Å². The predicted octanol–water partition coefficient (Wildman–Crippen LogP) is 6.84. The molecule has 9 heteroatoms. The summed E-state index contributed by atoms with van der Waals surface area (Å²) in [6.45, 7) is 8.81. The number of aromatic nitrogens is 3. The van der Waals surface area contributed by atoms with Gasteiger partial charge in [-0.2, -0.15) is 5.10 Å². The number of allylic oxidation sites excluding steroid dienone is 1. The van der Waals surface area contributed by atoms with Gasteiger partial charge in [-0.25, -0.2) is 18.4 Å². The molecule has 2 aromatic carbocycles. The summed E-state index contributed by atoms with van der Waals surface area (Å²) in [4.78, 5) is 9.33. The molecule has 0 unspecified atom stereocenters. The molecule has 1 atom stereocenters. The molecule has 0 aliphatic carbocycles. The number of para-hydroxylation sites is 1. The minimum absolute atomic E-state index is 0.0995. The number of ether oxygens (including phenoxy) is 1. The largest absolute Gasteiger partial charge is 0.487 e. The summed E-state index contributed by atoms with van der Waals surface area (Å²) in [7, 11) is 2.11. The van der Waals surface area contributed by atoms with Gasteiger partial charge in [-0.3, -0.25) is 4.90 Å². The molecule has 1 saturated heterocycles. The maximum absolute atomic E-state index is 14.7. The first-order valence-corrected chi connectivity index (χ1v) is 13.5. The molecule has 0 spiro atoms. The van der Waals surface area contributed by atoms with Crippen molar-refractivity contribution in [2.24, 2.45) is 0 Å². The van der Waals surface area contributed by atoms with Crippen molar-refractivity contribution in [1.29, 1.82) is 0 Å². The van der Waals surface area contributed by atoms with Crippen molar-refractivity contribution in [3.05, 3.63) is 94.0 Å². The minimum Gasteiger partial charge on any atom is -0.487 e. The highest BCUT2D eigenvalue weighted by Crippen LogP contribution is 2.35. The zero-order valence-electron chi connectivity index (χ0n) is 22.6. The van der Waals surface area contributed by atoms with Gasteiger partial charge in [0.1, 0.15) is 23.7 Å². The fourth-order valence-corrected chi connectivity index (χ4v) is 5.53. The fourth-order valence-electron chi connectivity index (χ4n) is 5.26. The molecule has 0 N–H and O–H groups in total. The molecule has 2 aromatic heterocycles. The van der Waals surface area contributed by atoms with Crippen LogP contribution in [0.3, 0.4) is 0 Å². The number of piperazine rings is 1. The summed E-state index contributed by atoms with van der Waals surface area (Å²) in [5.74, 6) is -0.246. The number of fused-ring (bicyclic) bond motifs is 1. The molecule has 0 saturated carbocycles. The monoisotopic (exact) mass is 551 g/mol. The maximum atomic E-state index is 14.7. The molecule has 0 bridgehead atoms. The molecule has 0 radical (unpaired) electrons. The first-order valence-electron chi connectivity index (χ1n) is 13.1. The van der Waals surface area contributed by atoms with E-state index in [1.807, 2.05) is 31.2 Å². The molecular formula is C30H32ClF2N5O. The third kappa shape index (κ3) is 5.63. The van der Waals surface area contributed by atoms with Crippen LogP contribution in [0.25, 0.3) is 16.6 Å². The number of halogens is 3. The number of aryl methyl sites for hydroxylation is 1. The molecule has 1 aliphatic heterocycles. The third-order valence-corrected chi connectivity index (χ3v) is 7.49. The molecule has 4 aromatic rings. The summed E-state index contributed by atoms with van der Waals surface area (Å²) >= 11 is 6.63. The lowest BCUT2D eigenvalue weighted by atomic mass is 9.98. The van der Waals surface area contributed by atoms with Crippen LogP contribution in [0.15, 0.2) is 60.6 Å². The minimum atomic E-state index is -0.421. The van der Waals surface area contributed by atoms with Gasteiger partial charge in [-0.15, -0.1) is 0 Å². The van der Waals surface area contributed by atoms with E-state index in [-0.39, 0.29) is 18.5 Å². The lowest BCUT2D eigenvalue weighted by Gasteiger charge is -2.41. The Morgan fingerprint density at radius 3 is 2.72 bits per heavy atom. The maximum Gasteiger partial charge on any atom is 0.161 e. The van der Waals surface area contributed by atoms with Gasteiger partial charge in [0, 0.05) is 42.0 Å². The zero-order chi connectivity index (χ0) is 27.7. The van der Waals surface area contributed by atoms with E-state index in [1.165, 1.54) is 28.8 Å². The second-order valence-electron chi connectivity index (χ2n) is 9.99. The highest BCUT2D eigenvalue weighted by molar-refractivity contribution is 6.31. The van der Waals surface area contributed by atoms with Crippen molar-refractivity contribution in [1.82, 2.24) is 24.6 Å². The van der Waals surface area contributed by atoms with Crippen LogP contribution in [-0.4, -0.2) is 51.2 Å². The Morgan fingerprint density at radius 2 is 1.97 bits per heavy atom. The van der Waals surface area contributed by atoms with Gasteiger partial charge in [0.25, 0.3) is 0 Å². The topological polar surface area (TPSA) is 46.4 Å². The van der Waals surface area contributed by atoms with Crippen LogP contribution in [0.1, 0.15) is 43.1 Å². The molecule has 1 fully saturated rings. The number of rotatable bonds is 7. The normalized spacial score (nSPS) is 16.3. The van der Waals surface area contributed by atoms with Gasteiger partial charge in [0.05, 0.1) is 29.1 Å². The molecule has 0 amide bonds. The Kier molecular flexibility index (Phi) is 7.86. The molecule has 1 aliphatic rings. The van der Waals surface area contributed by atoms with Gasteiger partial charge >= 0.3 is 0 Å². The second kappa shape index (κ2) is 11.3. The highest BCUT2D eigenvalue weighted by atomic mass is 35.5. The average molecular weight is 552 g/mol. The van der Waals surface area contributed by atoms with Crippen LogP contribution in [0.5, 0.6) is 5.75 Å². The molecule has 6 nitrogen and oxygen atoms in total. The third-order valence-electron chi connectivity index (χ3n) is 7.15. The number of hydrogen-bond acceptors (Lipinski definition) is 5. The number of benzene rings is 2. The number of pyridine rings is 1. The van der Waals surface area contributed by atoms with E-state index in [9.17, 15) is 8.78 Å². The number of hydrogen-bond donors (Lipinski definition) is 0. The molecular weight excluding hydrogens is 520 g/mol. The number of likely N-dealkylation sites (N-methyl/N-ethyl adjacent to an activating group) is 1. The summed E-state index contributed by atoms with van der Waals surface area (Å²) in [6.07, 6.45) is 5.65. The Morgan fingerprint density at radius 1 is 1.15 bits per heavy atom. The van der Waals surface area contributed by atoms with Crippen LogP contribution in [-0.2, 0) is 6.61 Å². The summed E-state index contributed by atoms with van der Waals surface area (Å²) in [5, 5.41) is 5.22. The van der Waals surface area contributed by atoms with Crippen molar-refractivity contribution in [3.8, 4) is 11.4 Å². The second-order valence-corrected chi connectivity index (χ2v) is 10.4. The van der Waals surface area contributed by atoms with E-state index in [2.05, 4.69) is 41.9 Å². The first-order chi connectivity index (χ1) is 18.7. The smallest absolute Gasteiger partial charge is 0.161 e. The lowest BCUT2D eigenvalue weighted by molar-refractivity contribution is 0.165. The molecule has 3 heterocycles. The average Bonchev–Trinajstić information content (AvgIpc) is 3.33. The zero-order valence-corrected chi connectivity index (χ0v) is 23.3. The van der Waals surface area contributed by atoms with Crippen LogP contribution in [0, 0.1) is 18.6 Å². The van der Waals surface area contributed by atoms with Crippen molar-refractivity contribution in [2.45, 2.75) is 39.8 Å². The Labute approximate surface area is 232 Å². The highest BCUT2D eigenvalue weighted by Gasteiger charge is 2.27. The Bertz CT molecular complexity index is 1540. The molecule has 204 valence electrons. The van der Waals surface area contributed by atoms with Crippen molar-refractivity contribution >= 4 is 22.5 Å². The molecule has 5 rings (SSSR count). The van der Waals surface area contributed by atoms with E-state index in [0.29, 0.717) is 22.0 Å². The van der Waals surface area contributed by atoms with Crippen LogP contribution < -0.4 is 4.74 Å². The van der Waals surface area contributed by atoms with Gasteiger partial charge < -0.3 is 9.64 Å². The fraction of sp³-hybridized carbons (Fsp3) is 0.333. The van der Waals surface area contributed by atoms with E-state index < -0.39 is 5.82 Å². The quantitative estimate of drug-likeness (QED) is 0.251. The van der Waals surface area contributed by atoms with Gasteiger partial charge in [-0.05, 0) is 57.1 Å². The van der Waals surface area contributed by atoms with Crippen molar-refractivity contribution in [2.75, 3.05) is 26.7 Å². The predicted molar refractivity (Wildman–Crippen MR) is 150 cm³/mol. The van der Waals surface area contributed by atoms with Gasteiger partial charge in [0.15, 0.2) is 5.82 Å². The molecule has 39 heavy (non-hydrogen) atoms. The number of nitrogens with zero attached hydrogens (tertiary/aromatic N) is 5. The van der Waals surface area contributed by atoms with Crippen molar-refractivity contribution < 1.29 is 13.5 Å². The van der Waals surface area contributed by atoms with E-state index in [4.69, 9.17) is 21.3 Å². The van der Waals surface area contributed by atoms with Gasteiger partial charge in [-0.1, -0.05) is 36.7 Å².